The van der Waals surface area contributed by atoms with Crippen LogP contribution >= 0.6 is 11.3 Å². The third-order valence-corrected chi connectivity index (χ3v) is 5.23. The van der Waals surface area contributed by atoms with Crippen molar-refractivity contribution in [3.63, 3.8) is 0 Å². The second-order valence-electron chi connectivity index (χ2n) is 6.25. The van der Waals surface area contributed by atoms with Crippen molar-refractivity contribution in [2.24, 2.45) is 5.92 Å². The molecule has 0 aliphatic heterocycles. The van der Waals surface area contributed by atoms with Gasteiger partial charge >= 0.3 is 5.97 Å². The van der Waals surface area contributed by atoms with Crippen LogP contribution in [0.3, 0.4) is 0 Å². The number of benzene rings is 1. The number of hydrogen-bond donors (Lipinski definition) is 0. The van der Waals surface area contributed by atoms with Crippen molar-refractivity contribution < 1.29 is 13.9 Å². The second-order valence-corrected chi connectivity index (χ2v) is 7.42. The van der Waals surface area contributed by atoms with Gasteiger partial charge in [-0.05, 0) is 49.9 Å². The van der Waals surface area contributed by atoms with Crippen LogP contribution in [0.1, 0.15) is 52.7 Å². The molecule has 1 heterocycles. The lowest BCUT2D eigenvalue weighted by molar-refractivity contribution is 0.0606. The second kappa shape index (κ2) is 10.8. The highest BCUT2D eigenvalue weighted by atomic mass is 32.1. The number of hydrogen-bond acceptors (Lipinski definition) is 3. The zero-order valence-electron chi connectivity index (χ0n) is 15.3. The molecule has 2 aromatic rings. The zero-order valence-corrected chi connectivity index (χ0v) is 16.2. The number of alkyl halides is 1. The van der Waals surface area contributed by atoms with Gasteiger partial charge in [0.25, 0.3) is 0 Å². The van der Waals surface area contributed by atoms with E-state index in [0.29, 0.717) is 17.7 Å². The molecule has 26 heavy (non-hydrogen) atoms. The molecule has 4 heteroatoms. The van der Waals surface area contributed by atoms with E-state index in [-0.39, 0.29) is 11.9 Å². The first kappa shape index (κ1) is 20.2. The number of thiophene rings is 1. The summed E-state index contributed by atoms with van der Waals surface area (Å²) in [5.41, 5.74) is 1.02. The van der Waals surface area contributed by atoms with E-state index in [1.54, 1.807) is 0 Å². The Balaban J connectivity index is 0.000000190. The predicted molar refractivity (Wildman–Crippen MR) is 105 cm³/mol. The molecule has 2 unspecified atom stereocenters. The van der Waals surface area contributed by atoms with Crippen molar-refractivity contribution in [3.8, 4) is 11.8 Å². The standard InChI is InChI=1S/C13H13F.C9H12O2S/c14-13-9-8-12(10-13)7-6-11-4-2-1-3-5-11;1-3-4-7-5-6-8(12-7)9(10)11-2/h1-5,12-13H,8-10H2;5-6H,3-4H2,1-2H3. The van der Waals surface area contributed by atoms with Crippen molar-refractivity contribution >= 4 is 17.3 Å². The van der Waals surface area contributed by atoms with E-state index in [1.807, 2.05) is 42.5 Å². The summed E-state index contributed by atoms with van der Waals surface area (Å²) >= 11 is 1.52. The quantitative estimate of drug-likeness (QED) is 0.513. The van der Waals surface area contributed by atoms with Crippen LogP contribution in [0, 0.1) is 17.8 Å². The van der Waals surface area contributed by atoms with Gasteiger partial charge < -0.3 is 4.74 Å². The average molecular weight is 373 g/mol. The van der Waals surface area contributed by atoms with E-state index in [0.717, 1.165) is 24.8 Å². The Morgan fingerprint density at radius 1 is 1.23 bits per heavy atom. The van der Waals surface area contributed by atoms with E-state index < -0.39 is 6.17 Å². The maximum absolute atomic E-state index is 12.8. The molecule has 0 radical (unpaired) electrons. The molecule has 1 aliphatic rings. The van der Waals surface area contributed by atoms with Crippen molar-refractivity contribution in [2.75, 3.05) is 7.11 Å². The molecule has 2 nitrogen and oxygen atoms in total. The lowest BCUT2D eigenvalue weighted by Crippen LogP contribution is -1.96. The molecule has 3 rings (SSSR count). The fourth-order valence-corrected chi connectivity index (χ4v) is 3.76. The molecule has 0 amide bonds. The number of rotatable bonds is 3. The molecule has 1 aromatic heterocycles. The molecule has 1 fully saturated rings. The van der Waals surface area contributed by atoms with Crippen LogP contribution in [0.15, 0.2) is 42.5 Å². The van der Waals surface area contributed by atoms with Crippen molar-refractivity contribution in [1.29, 1.82) is 0 Å². The first-order valence-electron chi connectivity index (χ1n) is 9.00. The SMILES string of the molecule is CCCc1ccc(C(=O)OC)s1.FC1CCC(C#Cc2ccccc2)C1. The Morgan fingerprint density at radius 3 is 2.62 bits per heavy atom. The van der Waals surface area contributed by atoms with Crippen LogP contribution in [0.2, 0.25) is 0 Å². The number of carbonyl (C=O) groups excluding carboxylic acids is 1. The van der Waals surface area contributed by atoms with Crippen LogP contribution in [0.4, 0.5) is 4.39 Å². The Kier molecular flexibility index (Phi) is 8.37. The Labute approximate surface area is 159 Å². The fourth-order valence-electron chi connectivity index (χ4n) is 2.73. The van der Waals surface area contributed by atoms with E-state index in [1.165, 1.54) is 23.3 Å². The number of ether oxygens (including phenoxy) is 1. The van der Waals surface area contributed by atoms with E-state index >= 15 is 0 Å². The van der Waals surface area contributed by atoms with Gasteiger partial charge in [0.2, 0.25) is 0 Å². The van der Waals surface area contributed by atoms with Gasteiger partial charge in [-0.3, -0.25) is 0 Å². The van der Waals surface area contributed by atoms with Gasteiger partial charge in [0.05, 0.1) is 7.11 Å². The Hall–Kier alpha value is -2.12. The summed E-state index contributed by atoms with van der Waals surface area (Å²) in [4.78, 5) is 13.0. The van der Waals surface area contributed by atoms with Crippen LogP contribution in [0.25, 0.3) is 0 Å². The summed E-state index contributed by atoms with van der Waals surface area (Å²) in [5.74, 6) is 6.26. The summed E-state index contributed by atoms with van der Waals surface area (Å²) in [6, 6.07) is 13.7. The van der Waals surface area contributed by atoms with Crippen LogP contribution in [0.5, 0.6) is 0 Å². The molecule has 0 bridgehead atoms. The lowest BCUT2D eigenvalue weighted by atomic mass is 10.1. The van der Waals surface area contributed by atoms with Gasteiger partial charge in [0.1, 0.15) is 11.0 Å². The fraction of sp³-hybridized carbons (Fsp3) is 0.409. The van der Waals surface area contributed by atoms with Gasteiger partial charge in [-0.15, -0.1) is 11.3 Å². The molecular formula is C22H25FO2S. The monoisotopic (exact) mass is 372 g/mol. The average Bonchev–Trinajstić information content (AvgIpc) is 3.30. The zero-order chi connectivity index (χ0) is 18.8. The summed E-state index contributed by atoms with van der Waals surface area (Å²) in [7, 11) is 1.40. The first-order valence-corrected chi connectivity index (χ1v) is 9.81. The number of aryl methyl sites for hydroxylation is 1. The van der Waals surface area contributed by atoms with Crippen LogP contribution in [-0.2, 0) is 11.2 Å². The number of halogens is 1. The first-order chi connectivity index (χ1) is 12.6. The number of carbonyl (C=O) groups is 1. The molecule has 0 spiro atoms. The normalized spacial score (nSPS) is 18.3. The van der Waals surface area contributed by atoms with E-state index in [2.05, 4.69) is 23.5 Å². The van der Waals surface area contributed by atoms with Crippen LogP contribution in [-0.4, -0.2) is 19.3 Å². The minimum Gasteiger partial charge on any atom is -0.465 e. The highest BCUT2D eigenvalue weighted by Gasteiger charge is 2.22. The molecular weight excluding hydrogens is 347 g/mol. The van der Waals surface area contributed by atoms with Crippen molar-refractivity contribution in [1.82, 2.24) is 0 Å². The molecule has 1 aromatic carbocycles. The van der Waals surface area contributed by atoms with Crippen molar-refractivity contribution in [3.05, 3.63) is 57.8 Å². The Bertz CT molecular complexity index is 742. The summed E-state index contributed by atoms with van der Waals surface area (Å²) in [5, 5.41) is 0. The van der Waals surface area contributed by atoms with Gasteiger partial charge in [0, 0.05) is 16.4 Å². The minimum atomic E-state index is -0.620. The van der Waals surface area contributed by atoms with Gasteiger partial charge in [-0.1, -0.05) is 43.4 Å². The molecule has 138 valence electrons. The minimum absolute atomic E-state index is 0.234. The summed E-state index contributed by atoms with van der Waals surface area (Å²) < 4.78 is 17.4. The van der Waals surface area contributed by atoms with Gasteiger partial charge in [-0.2, -0.15) is 0 Å². The molecule has 1 saturated carbocycles. The molecule has 1 aliphatic carbocycles. The lowest BCUT2D eigenvalue weighted by Gasteiger charge is -1.96. The topological polar surface area (TPSA) is 26.3 Å². The largest absolute Gasteiger partial charge is 0.465 e. The van der Waals surface area contributed by atoms with E-state index in [4.69, 9.17) is 0 Å². The Morgan fingerprint density at radius 2 is 2.00 bits per heavy atom. The summed E-state index contributed by atoms with van der Waals surface area (Å²) in [6.45, 7) is 2.12. The smallest absolute Gasteiger partial charge is 0.348 e. The van der Waals surface area contributed by atoms with Crippen molar-refractivity contribution in [2.45, 2.75) is 45.2 Å². The maximum Gasteiger partial charge on any atom is 0.348 e. The third-order valence-electron chi connectivity index (χ3n) is 4.11. The molecule has 0 saturated heterocycles. The summed E-state index contributed by atoms with van der Waals surface area (Å²) in [6.07, 6.45) is 3.77. The highest BCUT2D eigenvalue weighted by Crippen LogP contribution is 2.27. The third kappa shape index (κ3) is 6.65. The molecule has 0 N–H and O–H groups in total. The van der Waals surface area contributed by atoms with Gasteiger partial charge in [-0.25, -0.2) is 9.18 Å². The van der Waals surface area contributed by atoms with Crippen LogP contribution < -0.4 is 0 Å². The van der Waals surface area contributed by atoms with Gasteiger partial charge in [0.15, 0.2) is 0 Å². The maximum atomic E-state index is 12.8. The molecule has 2 atom stereocenters. The van der Waals surface area contributed by atoms with E-state index in [9.17, 15) is 9.18 Å². The number of methoxy groups -OCH3 is 1. The highest BCUT2D eigenvalue weighted by molar-refractivity contribution is 7.13. The number of esters is 1. The predicted octanol–water partition coefficient (Wildman–Crippen LogP) is 5.66.